The van der Waals surface area contributed by atoms with Crippen LogP contribution in [0.3, 0.4) is 0 Å². The summed E-state index contributed by atoms with van der Waals surface area (Å²) in [7, 11) is -3.11. The van der Waals surface area contributed by atoms with Crippen molar-refractivity contribution in [3.63, 3.8) is 0 Å². The Balaban J connectivity index is 1.88. The summed E-state index contributed by atoms with van der Waals surface area (Å²) < 4.78 is 25.0. The molecule has 2 rings (SSSR count). The Kier molecular flexibility index (Phi) is 3.30. The fourth-order valence-electron chi connectivity index (χ4n) is 1.59. The standard InChI is InChI=1S/C10H16N4O2S/c1-8(2)17(15,16)14-6-9(7-14)13-10-11-4-3-5-12-10/h3-5,8-9H,6-7H2,1-2H3,(H,11,12,13). The highest BCUT2D eigenvalue weighted by Crippen LogP contribution is 2.19. The first-order valence-corrected chi connectivity index (χ1v) is 7.03. The highest BCUT2D eigenvalue weighted by atomic mass is 32.2. The van der Waals surface area contributed by atoms with Gasteiger partial charge < -0.3 is 5.32 Å². The lowest BCUT2D eigenvalue weighted by Crippen LogP contribution is -2.58. The van der Waals surface area contributed by atoms with Crippen molar-refractivity contribution in [2.75, 3.05) is 18.4 Å². The van der Waals surface area contributed by atoms with E-state index in [1.54, 1.807) is 32.3 Å². The van der Waals surface area contributed by atoms with E-state index in [9.17, 15) is 8.42 Å². The zero-order valence-electron chi connectivity index (χ0n) is 9.87. The summed E-state index contributed by atoms with van der Waals surface area (Å²) in [6.45, 7) is 4.35. The van der Waals surface area contributed by atoms with Crippen molar-refractivity contribution >= 4 is 16.0 Å². The van der Waals surface area contributed by atoms with E-state index in [0.29, 0.717) is 19.0 Å². The second kappa shape index (κ2) is 4.58. The molecule has 7 heteroatoms. The first kappa shape index (κ1) is 12.3. The van der Waals surface area contributed by atoms with Crippen LogP contribution in [0.4, 0.5) is 5.95 Å². The molecule has 1 fully saturated rings. The lowest BCUT2D eigenvalue weighted by atomic mass is 10.2. The number of hydrogen-bond acceptors (Lipinski definition) is 5. The van der Waals surface area contributed by atoms with Crippen LogP contribution in [0.1, 0.15) is 13.8 Å². The number of sulfonamides is 1. The second-order valence-electron chi connectivity index (χ2n) is 4.32. The zero-order chi connectivity index (χ0) is 12.5. The Labute approximate surface area is 101 Å². The van der Waals surface area contributed by atoms with Crippen LogP contribution < -0.4 is 5.32 Å². The molecule has 1 saturated heterocycles. The summed E-state index contributed by atoms with van der Waals surface area (Å²) in [4.78, 5) is 8.07. The maximum atomic E-state index is 11.8. The first-order valence-electron chi connectivity index (χ1n) is 5.52. The van der Waals surface area contributed by atoms with E-state index in [4.69, 9.17) is 0 Å². The summed E-state index contributed by atoms with van der Waals surface area (Å²) in [6, 6.07) is 1.84. The van der Waals surface area contributed by atoms with Crippen molar-refractivity contribution in [1.29, 1.82) is 0 Å². The van der Waals surface area contributed by atoms with Gasteiger partial charge in [0.05, 0.1) is 11.3 Å². The van der Waals surface area contributed by atoms with Gasteiger partial charge >= 0.3 is 0 Å². The van der Waals surface area contributed by atoms with Gasteiger partial charge in [-0.3, -0.25) is 0 Å². The highest BCUT2D eigenvalue weighted by molar-refractivity contribution is 7.89. The molecule has 0 atom stereocenters. The summed E-state index contributed by atoms with van der Waals surface area (Å²) in [5, 5.41) is 2.73. The topological polar surface area (TPSA) is 75.2 Å². The Bertz CT molecular complexity index is 468. The van der Waals surface area contributed by atoms with Gasteiger partial charge in [0.1, 0.15) is 0 Å². The quantitative estimate of drug-likeness (QED) is 0.839. The van der Waals surface area contributed by atoms with Crippen molar-refractivity contribution in [1.82, 2.24) is 14.3 Å². The molecule has 0 radical (unpaired) electrons. The van der Waals surface area contributed by atoms with E-state index in [1.807, 2.05) is 0 Å². The van der Waals surface area contributed by atoms with Gasteiger partial charge in [-0.2, -0.15) is 4.31 Å². The molecule has 1 N–H and O–H groups in total. The van der Waals surface area contributed by atoms with Gasteiger partial charge in [-0.05, 0) is 19.9 Å². The molecule has 1 aromatic rings. The molecule has 17 heavy (non-hydrogen) atoms. The molecule has 6 nitrogen and oxygen atoms in total. The molecule has 0 unspecified atom stereocenters. The minimum absolute atomic E-state index is 0.103. The van der Waals surface area contributed by atoms with Crippen LogP contribution in [0.2, 0.25) is 0 Å². The van der Waals surface area contributed by atoms with E-state index < -0.39 is 10.0 Å². The summed E-state index contributed by atoms with van der Waals surface area (Å²) in [6.07, 6.45) is 3.30. The van der Waals surface area contributed by atoms with Crippen molar-refractivity contribution in [2.24, 2.45) is 0 Å². The minimum atomic E-state index is -3.11. The van der Waals surface area contributed by atoms with Gasteiger partial charge in [0.25, 0.3) is 0 Å². The molecule has 2 heterocycles. The maximum Gasteiger partial charge on any atom is 0.222 e. The van der Waals surface area contributed by atoms with Gasteiger partial charge in [-0.1, -0.05) is 0 Å². The molecule has 0 spiro atoms. The lowest BCUT2D eigenvalue weighted by molar-refractivity contribution is 0.277. The van der Waals surface area contributed by atoms with E-state index in [2.05, 4.69) is 15.3 Å². The van der Waals surface area contributed by atoms with Crippen LogP contribution in [0.25, 0.3) is 0 Å². The van der Waals surface area contributed by atoms with Gasteiger partial charge in [0.2, 0.25) is 16.0 Å². The van der Waals surface area contributed by atoms with E-state index in [-0.39, 0.29) is 11.3 Å². The van der Waals surface area contributed by atoms with Crippen LogP contribution >= 0.6 is 0 Å². The molecule has 1 aliphatic heterocycles. The third kappa shape index (κ3) is 2.55. The van der Waals surface area contributed by atoms with Gasteiger partial charge in [-0.15, -0.1) is 0 Å². The Morgan fingerprint density at radius 3 is 2.47 bits per heavy atom. The summed E-state index contributed by atoms with van der Waals surface area (Å²) in [5.74, 6) is 0.541. The van der Waals surface area contributed by atoms with E-state index in [0.717, 1.165) is 0 Å². The smallest absolute Gasteiger partial charge is 0.222 e. The van der Waals surface area contributed by atoms with E-state index in [1.165, 1.54) is 4.31 Å². The number of anilines is 1. The predicted octanol–water partition coefficient (Wildman–Crippen LogP) is 0.311. The molecular formula is C10H16N4O2S. The van der Waals surface area contributed by atoms with Crippen molar-refractivity contribution in [3.05, 3.63) is 18.5 Å². The Hall–Kier alpha value is -1.21. The Morgan fingerprint density at radius 1 is 1.35 bits per heavy atom. The number of nitrogens with zero attached hydrogens (tertiary/aromatic N) is 3. The monoisotopic (exact) mass is 256 g/mol. The summed E-state index contributed by atoms with van der Waals surface area (Å²) in [5.41, 5.74) is 0. The van der Waals surface area contributed by atoms with Crippen LogP contribution in [0.5, 0.6) is 0 Å². The lowest BCUT2D eigenvalue weighted by Gasteiger charge is -2.39. The maximum absolute atomic E-state index is 11.8. The van der Waals surface area contributed by atoms with Crippen LogP contribution in [0.15, 0.2) is 18.5 Å². The molecule has 1 aliphatic rings. The second-order valence-corrected chi connectivity index (χ2v) is 6.81. The van der Waals surface area contributed by atoms with Crippen molar-refractivity contribution in [2.45, 2.75) is 25.1 Å². The zero-order valence-corrected chi connectivity index (χ0v) is 10.7. The number of nitrogens with one attached hydrogen (secondary N) is 1. The minimum Gasteiger partial charge on any atom is -0.349 e. The number of rotatable bonds is 4. The third-order valence-corrected chi connectivity index (χ3v) is 4.91. The Morgan fingerprint density at radius 2 is 1.94 bits per heavy atom. The predicted molar refractivity (Wildman–Crippen MR) is 65.1 cm³/mol. The van der Waals surface area contributed by atoms with Crippen molar-refractivity contribution in [3.8, 4) is 0 Å². The summed E-state index contributed by atoms with van der Waals surface area (Å²) >= 11 is 0. The van der Waals surface area contributed by atoms with Crippen LogP contribution in [-0.2, 0) is 10.0 Å². The van der Waals surface area contributed by atoms with Crippen LogP contribution in [0, 0.1) is 0 Å². The average Bonchev–Trinajstić information content (AvgIpc) is 2.23. The molecule has 1 aromatic heterocycles. The molecule has 94 valence electrons. The van der Waals surface area contributed by atoms with Gasteiger partial charge in [0, 0.05) is 25.5 Å². The normalized spacial score (nSPS) is 18.1. The van der Waals surface area contributed by atoms with Crippen molar-refractivity contribution < 1.29 is 8.42 Å². The molecule has 0 amide bonds. The molecule has 0 aliphatic carbocycles. The average molecular weight is 256 g/mol. The van der Waals surface area contributed by atoms with Crippen LogP contribution in [-0.4, -0.2) is 47.1 Å². The fraction of sp³-hybridized carbons (Fsp3) is 0.600. The molecule has 0 aromatic carbocycles. The molecule has 0 bridgehead atoms. The largest absolute Gasteiger partial charge is 0.349 e. The fourth-order valence-corrected chi connectivity index (χ4v) is 2.96. The molecule has 0 saturated carbocycles. The number of aromatic nitrogens is 2. The van der Waals surface area contributed by atoms with Gasteiger partial charge in [0.15, 0.2) is 0 Å². The first-order chi connectivity index (χ1) is 8.00. The third-order valence-electron chi connectivity index (χ3n) is 2.70. The number of hydrogen-bond donors (Lipinski definition) is 1. The SMILES string of the molecule is CC(C)S(=O)(=O)N1CC(Nc2ncccn2)C1. The van der Waals surface area contributed by atoms with Gasteiger partial charge in [-0.25, -0.2) is 18.4 Å². The molecular weight excluding hydrogens is 240 g/mol. The highest BCUT2D eigenvalue weighted by Gasteiger charge is 2.37. The van der Waals surface area contributed by atoms with E-state index >= 15 is 0 Å².